The number of hydrogen-bond donors (Lipinski definition) is 0. The summed E-state index contributed by atoms with van der Waals surface area (Å²) in [5.74, 6) is -0.408. The Balaban J connectivity index is 1.60. The van der Waals surface area contributed by atoms with Gasteiger partial charge in [0, 0.05) is 5.56 Å². The van der Waals surface area contributed by atoms with Crippen LogP contribution in [0.5, 0.6) is 0 Å². The number of amides is 2. The summed E-state index contributed by atoms with van der Waals surface area (Å²) in [6.45, 7) is 1.98. The quantitative estimate of drug-likeness (QED) is 0.439. The molecule has 0 N–H and O–H groups in total. The number of para-hydroxylation sites is 1. The van der Waals surface area contributed by atoms with Crippen molar-refractivity contribution in [3.05, 3.63) is 82.4 Å². The maximum atomic E-state index is 13.0. The minimum atomic E-state index is -0.415. The number of carbonyl (C=O) groups is 2. The van der Waals surface area contributed by atoms with Crippen LogP contribution in [-0.4, -0.2) is 16.8 Å². The molecule has 0 radical (unpaired) electrons. The Morgan fingerprint density at radius 1 is 0.929 bits per heavy atom. The fourth-order valence-corrected chi connectivity index (χ4v) is 3.61. The summed E-state index contributed by atoms with van der Waals surface area (Å²) in [7, 11) is 0. The molecule has 5 rings (SSSR count). The van der Waals surface area contributed by atoms with Gasteiger partial charge in [0.1, 0.15) is 5.52 Å². The lowest BCUT2D eigenvalue weighted by Gasteiger charge is -2.15. The van der Waals surface area contributed by atoms with Crippen molar-refractivity contribution in [3.8, 4) is 11.5 Å². The molecule has 5 nitrogen and oxygen atoms in total. The van der Waals surface area contributed by atoms with Crippen molar-refractivity contribution in [2.24, 2.45) is 0 Å². The molecule has 0 saturated carbocycles. The zero-order valence-electron chi connectivity index (χ0n) is 14.8. The second-order valence-electron chi connectivity index (χ2n) is 6.65. The number of benzene rings is 3. The maximum Gasteiger partial charge on any atom is 0.266 e. The fourth-order valence-electron chi connectivity index (χ4n) is 3.39. The molecule has 0 atom stereocenters. The van der Waals surface area contributed by atoms with Crippen LogP contribution in [-0.2, 0) is 0 Å². The lowest BCUT2D eigenvalue weighted by molar-refractivity contribution is 0.0926. The van der Waals surface area contributed by atoms with E-state index in [2.05, 4.69) is 4.98 Å². The number of rotatable bonds is 2. The van der Waals surface area contributed by atoms with E-state index < -0.39 is 11.8 Å². The molecule has 0 aliphatic carbocycles. The minimum absolute atomic E-state index is 0.306. The minimum Gasteiger partial charge on any atom is -0.436 e. The molecule has 28 heavy (non-hydrogen) atoms. The second kappa shape index (κ2) is 6.04. The summed E-state index contributed by atoms with van der Waals surface area (Å²) < 4.78 is 5.82. The van der Waals surface area contributed by atoms with Gasteiger partial charge in [0.05, 0.1) is 21.8 Å². The van der Waals surface area contributed by atoms with Gasteiger partial charge < -0.3 is 4.42 Å². The van der Waals surface area contributed by atoms with Crippen molar-refractivity contribution >= 4 is 40.2 Å². The van der Waals surface area contributed by atoms with Gasteiger partial charge in [-0.1, -0.05) is 29.8 Å². The van der Waals surface area contributed by atoms with Gasteiger partial charge in [-0.15, -0.1) is 0 Å². The summed E-state index contributed by atoms with van der Waals surface area (Å²) >= 11 is 6.19. The first-order valence-electron chi connectivity index (χ1n) is 8.68. The largest absolute Gasteiger partial charge is 0.436 e. The Kier molecular flexibility index (Phi) is 3.60. The molecule has 0 bridgehead atoms. The van der Waals surface area contributed by atoms with Gasteiger partial charge in [0.25, 0.3) is 11.8 Å². The zero-order valence-corrected chi connectivity index (χ0v) is 15.5. The summed E-state index contributed by atoms with van der Waals surface area (Å²) in [6.07, 6.45) is 0. The van der Waals surface area contributed by atoms with Crippen LogP contribution in [0, 0.1) is 6.92 Å². The molecule has 1 aliphatic rings. The highest BCUT2D eigenvalue weighted by atomic mass is 35.5. The van der Waals surface area contributed by atoms with Crippen molar-refractivity contribution in [2.45, 2.75) is 6.92 Å². The molecule has 0 fully saturated rings. The van der Waals surface area contributed by atoms with Crippen molar-refractivity contribution in [1.82, 2.24) is 4.98 Å². The molecule has 136 valence electrons. The zero-order chi connectivity index (χ0) is 19.4. The molecule has 4 aromatic rings. The standard InChI is InChI=1S/C22H13ClN2O3/c1-12-6-9-19-17(10-12)24-20(28-19)13-7-8-14-15(11-13)22(27)25(21(14)26)18-5-3-2-4-16(18)23/h2-11H,1H3. The smallest absolute Gasteiger partial charge is 0.266 e. The third-order valence-electron chi connectivity index (χ3n) is 4.77. The van der Waals surface area contributed by atoms with Crippen LogP contribution in [0.2, 0.25) is 5.02 Å². The van der Waals surface area contributed by atoms with Crippen LogP contribution in [0.25, 0.3) is 22.6 Å². The van der Waals surface area contributed by atoms with E-state index >= 15 is 0 Å². The topological polar surface area (TPSA) is 63.4 Å². The average molecular weight is 389 g/mol. The van der Waals surface area contributed by atoms with E-state index in [-0.39, 0.29) is 0 Å². The summed E-state index contributed by atoms with van der Waals surface area (Å²) in [5, 5.41) is 0.339. The number of anilines is 1. The highest BCUT2D eigenvalue weighted by Crippen LogP contribution is 2.35. The maximum absolute atomic E-state index is 13.0. The highest BCUT2D eigenvalue weighted by molar-refractivity contribution is 6.39. The Labute approximate surface area is 165 Å². The monoisotopic (exact) mass is 388 g/mol. The van der Waals surface area contributed by atoms with Gasteiger partial charge in [-0.25, -0.2) is 9.88 Å². The molecule has 6 heteroatoms. The van der Waals surface area contributed by atoms with E-state index in [0.717, 1.165) is 16.0 Å². The predicted molar refractivity (Wildman–Crippen MR) is 107 cm³/mol. The predicted octanol–water partition coefficient (Wildman–Crippen LogP) is 5.26. The van der Waals surface area contributed by atoms with Gasteiger partial charge in [0.2, 0.25) is 5.89 Å². The van der Waals surface area contributed by atoms with Crippen LogP contribution in [0.1, 0.15) is 26.3 Å². The van der Waals surface area contributed by atoms with Crippen LogP contribution < -0.4 is 4.90 Å². The number of nitrogens with zero attached hydrogens (tertiary/aromatic N) is 2. The Hall–Kier alpha value is -3.44. The SMILES string of the molecule is Cc1ccc2oc(-c3ccc4c(c3)C(=O)N(c3ccccc3Cl)C4=O)nc2c1. The van der Waals surface area contributed by atoms with Gasteiger partial charge >= 0.3 is 0 Å². The molecule has 0 unspecified atom stereocenters. The van der Waals surface area contributed by atoms with E-state index in [1.807, 2.05) is 25.1 Å². The van der Waals surface area contributed by atoms with Gasteiger partial charge in [-0.05, 0) is 55.0 Å². The Morgan fingerprint density at radius 3 is 2.54 bits per heavy atom. The highest BCUT2D eigenvalue weighted by Gasteiger charge is 2.38. The van der Waals surface area contributed by atoms with Crippen molar-refractivity contribution in [2.75, 3.05) is 4.90 Å². The molecule has 2 amide bonds. The first kappa shape index (κ1) is 16.7. The van der Waals surface area contributed by atoms with Crippen molar-refractivity contribution in [3.63, 3.8) is 0 Å². The molecule has 1 aliphatic heterocycles. The number of fused-ring (bicyclic) bond motifs is 2. The normalized spacial score (nSPS) is 13.4. The molecule has 0 spiro atoms. The van der Waals surface area contributed by atoms with E-state index in [9.17, 15) is 9.59 Å². The van der Waals surface area contributed by atoms with Gasteiger partial charge in [0.15, 0.2) is 5.58 Å². The fraction of sp³-hybridized carbons (Fsp3) is 0.0455. The first-order valence-corrected chi connectivity index (χ1v) is 9.05. The number of oxazole rings is 1. The van der Waals surface area contributed by atoms with Gasteiger partial charge in [-0.2, -0.15) is 0 Å². The van der Waals surface area contributed by atoms with Crippen molar-refractivity contribution in [1.29, 1.82) is 0 Å². The van der Waals surface area contributed by atoms with E-state index in [4.69, 9.17) is 16.0 Å². The molecule has 0 saturated heterocycles. The molecular formula is C22H13ClN2O3. The lowest BCUT2D eigenvalue weighted by Crippen LogP contribution is -2.29. The lowest BCUT2D eigenvalue weighted by atomic mass is 10.1. The van der Waals surface area contributed by atoms with E-state index in [1.54, 1.807) is 42.5 Å². The first-order chi connectivity index (χ1) is 13.5. The van der Waals surface area contributed by atoms with Crippen LogP contribution in [0.3, 0.4) is 0 Å². The van der Waals surface area contributed by atoms with Crippen LogP contribution in [0.15, 0.2) is 65.1 Å². The van der Waals surface area contributed by atoms with Crippen molar-refractivity contribution < 1.29 is 14.0 Å². The number of hydrogen-bond acceptors (Lipinski definition) is 4. The third kappa shape index (κ3) is 2.44. The summed E-state index contributed by atoms with van der Waals surface area (Å²) in [6, 6.07) is 17.5. The Morgan fingerprint density at radius 2 is 1.71 bits per heavy atom. The third-order valence-corrected chi connectivity index (χ3v) is 5.09. The molecule has 1 aromatic heterocycles. The molecule has 2 heterocycles. The van der Waals surface area contributed by atoms with Crippen LogP contribution in [0.4, 0.5) is 5.69 Å². The Bertz CT molecular complexity index is 1290. The number of halogens is 1. The molecule has 3 aromatic carbocycles. The second-order valence-corrected chi connectivity index (χ2v) is 7.05. The number of aryl methyl sites for hydroxylation is 1. The van der Waals surface area contributed by atoms with Gasteiger partial charge in [-0.3, -0.25) is 9.59 Å². The van der Waals surface area contributed by atoms with E-state index in [1.165, 1.54) is 0 Å². The summed E-state index contributed by atoms with van der Waals surface area (Å²) in [4.78, 5) is 31.4. The number of imide groups is 1. The van der Waals surface area contributed by atoms with Crippen LogP contribution >= 0.6 is 11.6 Å². The van der Waals surface area contributed by atoms with E-state index in [0.29, 0.717) is 38.9 Å². The summed E-state index contributed by atoms with van der Waals surface area (Å²) in [5.41, 5.74) is 4.14. The number of aromatic nitrogens is 1. The molecular weight excluding hydrogens is 376 g/mol. The number of carbonyl (C=O) groups excluding carboxylic acids is 2. The average Bonchev–Trinajstić information content (AvgIpc) is 3.21.